The molecule has 31 heavy (non-hydrogen) atoms. The lowest BCUT2D eigenvalue weighted by atomic mass is 10.1. The maximum absolute atomic E-state index is 11.4. The molecule has 1 aliphatic rings. The minimum absolute atomic E-state index is 0.0773. The van der Waals surface area contributed by atoms with Crippen LogP contribution in [0.25, 0.3) is 0 Å². The second-order valence-electron chi connectivity index (χ2n) is 8.55. The molecule has 0 amide bonds. The summed E-state index contributed by atoms with van der Waals surface area (Å²) in [7, 11) is -3.50. The number of benzene rings is 1. The lowest BCUT2D eigenvalue weighted by molar-refractivity contribution is 0.174. The van der Waals surface area contributed by atoms with Gasteiger partial charge in [0.15, 0.2) is 0 Å². The van der Waals surface area contributed by atoms with Gasteiger partial charge in [0, 0.05) is 6.54 Å². The van der Waals surface area contributed by atoms with E-state index in [1.54, 1.807) is 6.07 Å². The van der Waals surface area contributed by atoms with E-state index in [9.17, 15) is 18.6 Å². The number of phenols is 1. The summed E-state index contributed by atoms with van der Waals surface area (Å²) in [5, 5.41) is 23.4. The Hall–Kier alpha value is -1.35. The molecule has 0 unspecified atom stereocenters. The molecule has 1 aliphatic heterocycles. The van der Waals surface area contributed by atoms with Crippen molar-refractivity contribution in [3.8, 4) is 5.75 Å². The predicted octanol–water partition coefficient (Wildman–Crippen LogP) is 3.42. The Balaban J connectivity index is 1.49. The summed E-state index contributed by atoms with van der Waals surface area (Å²) in [6.45, 7) is 4.97. The lowest BCUT2D eigenvalue weighted by Gasteiger charge is -2.26. The second-order valence-corrected chi connectivity index (χ2v) is 10.3. The van der Waals surface area contributed by atoms with E-state index in [2.05, 4.69) is 21.4 Å². The molecular formula is C23H40N3O4S. The molecule has 1 fully saturated rings. The number of sulfonamides is 1. The van der Waals surface area contributed by atoms with E-state index < -0.39 is 16.1 Å². The molecule has 0 spiro atoms. The molecule has 1 aromatic carbocycles. The average Bonchev–Trinajstić information content (AvgIpc) is 2.73. The number of hydrogen-bond donors (Lipinski definition) is 4. The van der Waals surface area contributed by atoms with Gasteiger partial charge in [0.2, 0.25) is 10.0 Å². The van der Waals surface area contributed by atoms with Crippen molar-refractivity contribution in [3.63, 3.8) is 0 Å². The number of nitrogens with one attached hydrogen (secondary N) is 2. The highest BCUT2D eigenvalue weighted by molar-refractivity contribution is 7.92. The van der Waals surface area contributed by atoms with Gasteiger partial charge in [-0.3, -0.25) is 4.72 Å². The maximum atomic E-state index is 11.4. The smallest absolute Gasteiger partial charge is 0.229 e. The van der Waals surface area contributed by atoms with Crippen molar-refractivity contribution in [3.05, 3.63) is 30.2 Å². The van der Waals surface area contributed by atoms with Gasteiger partial charge >= 0.3 is 0 Å². The molecule has 1 saturated heterocycles. The number of rotatable bonds is 15. The van der Waals surface area contributed by atoms with Gasteiger partial charge in [-0.25, -0.2) is 8.42 Å². The summed E-state index contributed by atoms with van der Waals surface area (Å²) in [4.78, 5) is 2.58. The van der Waals surface area contributed by atoms with Crippen molar-refractivity contribution in [1.29, 1.82) is 0 Å². The van der Waals surface area contributed by atoms with Crippen LogP contribution in [0.3, 0.4) is 0 Å². The predicted molar refractivity (Wildman–Crippen MR) is 127 cm³/mol. The number of phenolic OH excluding ortho intramolecular Hbond substituents is 1. The van der Waals surface area contributed by atoms with Gasteiger partial charge in [-0.05, 0) is 76.0 Å². The molecule has 1 aromatic rings. The Morgan fingerprint density at radius 1 is 1.03 bits per heavy atom. The topological polar surface area (TPSA) is 102 Å². The first kappa shape index (κ1) is 25.9. The van der Waals surface area contributed by atoms with Crippen LogP contribution in [0.1, 0.15) is 69.5 Å². The molecule has 1 atom stereocenters. The van der Waals surface area contributed by atoms with E-state index in [-0.39, 0.29) is 11.4 Å². The van der Waals surface area contributed by atoms with Gasteiger partial charge in [0.25, 0.3) is 0 Å². The van der Waals surface area contributed by atoms with Crippen LogP contribution in [0.15, 0.2) is 18.2 Å². The zero-order valence-electron chi connectivity index (χ0n) is 18.9. The van der Waals surface area contributed by atoms with Gasteiger partial charge < -0.3 is 20.4 Å². The monoisotopic (exact) mass is 454 g/mol. The van der Waals surface area contributed by atoms with Crippen LogP contribution < -0.4 is 10.0 Å². The largest absolute Gasteiger partial charge is 0.506 e. The number of aromatic hydroxyl groups is 1. The molecule has 8 heteroatoms. The molecule has 0 aromatic heterocycles. The normalized spacial score (nSPS) is 16.3. The first-order chi connectivity index (χ1) is 14.8. The summed E-state index contributed by atoms with van der Waals surface area (Å²) >= 11 is 0. The number of likely N-dealkylation sites (tertiary alicyclic amines) is 1. The summed E-state index contributed by atoms with van der Waals surface area (Å²) in [6, 6.07) is 4.45. The molecule has 177 valence electrons. The van der Waals surface area contributed by atoms with Crippen molar-refractivity contribution < 1.29 is 18.6 Å². The van der Waals surface area contributed by atoms with Gasteiger partial charge in [0.1, 0.15) is 5.75 Å². The summed E-state index contributed by atoms with van der Waals surface area (Å²) in [5.41, 5.74) is 0.632. The van der Waals surface area contributed by atoms with E-state index in [1.807, 2.05) is 0 Å². The van der Waals surface area contributed by atoms with E-state index in [0.717, 1.165) is 19.2 Å². The van der Waals surface area contributed by atoms with Gasteiger partial charge in [-0.2, -0.15) is 0 Å². The van der Waals surface area contributed by atoms with Crippen LogP contribution in [-0.4, -0.2) is 62.5 Å². The van der Waals surface area contributed by atoms with E-state index >= 15 is 0 Å². The molecular weight excluding hydrogens is 414 g/mol. The van der Waals surface area contributed by atoms with Crippen molar-refractivity contribution in [1.82, 2.24) is 10.2 Å². The first-order valence-electron chi connectivity index (χ1n) is 11.6. The fraction of sp³-hybridized carbons (Fsp3) is 0.696. The minimum Gasteiger partial charge on any atom is -0.506 e. The Kier molecular flexibility index (Phi) is 11.6. The van der Waals surface area contributed by atoms with Crippen molar-refractivity contribution >= 4 is 15.7 Å². The Morgan fingerprint density at radius 2 is 1.68 bits per heavy atom. The standard InChI is InChI=1S/C23H40N3O4S/c1-31(29,30)25-21-18-20(12-13-22(21)27)23(28)19-24-14-8-5-3-2-4-6-9-15-26-16-10-7-11-17-26/h7,12-13,18,23-25,27-28H,2-6,8-11,14-17,19H2,1H3/t23-/m1/s1. The zero-order chi connectivity index (χ0) is 22.5. The van der Waals surface area contributed by atoms with Crippen LogP contribution in [0.2, 0.25) is 0 Å². The third kappa shape index (κ3) is 11.2. The van der Waals surface area contributed by atoms with E-state index in [0.29, 0.717) is 12.1 Å². The van der Waals surface area contributed by atoms with Gasteiger partial charge in [-0.15, -0.1) is 0 Å². The molecule has 0 saturated carbocycles. The Bertz CT molecular complexity index is 736. The van der Waals surface area contributed by atoms with Crippen LogP contribution in [-0.2, 0) is 10.0 Å². The molecule has 4 N–H and O–H groups in total. The van der Waals surface area contributed by atoms with Gasteiger partial charge in [-0.1, -0.05) is 38.2 Å². The van der Waals surface area contributed by atoms with Gasteiger partial charge in [0.05, 0.1) is 18.0 Å². The third-order valence-electron chi connectivity index (χ3n) is 5.67. The quantitative estimate of drug-likeness (QED) is 0.239. The highest BCUT2D eigenvalue weighted by Crippen LogP contribution is 2.27. The number of aliphatic hydroxyl groups excluding tert-OH is 1. The molecule has 1 heterocycles. The fourth-order valence-electron chi connectivity index (χ4n) is 3.90. The third-order valence-corrected chi connectivity index (χ3v) is 6.26. The first-order valence-corrected chi connectivity index (χ1v) is 13.5. The number of nitrogens with zero attached hydrogens (tertiary/aromatic N) is 1. The number of piperidine rings is 1. The maximum Gasteiger partial charge on any atom is 0.229 e. The zero-order valence-corrected chi connectivity index (χ0v) is 19.7. The summed E-state index contributed by atoms with van der Waals surface area (Å²) in [5.74, 6) is -0.167. The highest BCUT2D eigenvalue weighted by Gasteiger charge is 2.13. The van der Waals surface area contributed by atoms with Crippen LogP contribution in [0, 0.1) is 6.42 Å². The Labute approximate surface area is 188 Å². The Morgan fingerprint density at radius 3 is 2.35 bits per heavy atom. The molecule has 7 nitrogen and oxygen atoms in total. The van der Waals surface area contributed by atoms with Crippen molar-refractivity contribution in [2.45, 2.75) is 63.9 Å². The summed E-state index contributed by atoms with van der Waals surface area (Å²) in [6.07, 6.45) is 13.9. The second kappa shape index (κ2) is 13.9. The number of unbranched alkanes of at least 4 members (excludes halogenated alkanes) is 6. The average molecular weight is 455 g/mol. The van der Waals surface area contributed by atoms with E-state index in [4.69, 9.17) is 0 Å². The molecule has 1 radical (unpaired) electrons. The van der Waals surface area contributed by atoms with Crippen molar-refractivity contribution in [2.75, 3.05) is 43.7 Å². The highest BCUT2D eigenvalue weighted by atomic mass is 32.2. The number of aliphatic hydroxyl groups is 1. The molecule has 2 rings (SSSR count). The van der Waals surface area contributed by atoms with Crippen LogP contribution in [0.4, 0.5) is 5.69 Å². The summed E-state index contributed by atoms with van der Waals surface area (Å²) < 4.78 is 25.0. The van der Waals surface area contributed by atoms with E-state index in [1.165, 1.54) is 83.1 Å². The number of anilines is 1. The minimum atomic E-state index is -3.50. The van der Waals surface area contributed by atoms with Crippen LogP contribution >= 0.6 is 0 Å². The number of hydrogen-bond acceptors (Lipinski definition) is 6. The SMILES string of the molecule is CS(=O)(=O)Nc1cc([C@H](O)CNCCCCCCCCCN2CC[CH]CC2)ccc1O. The molecule has 0 aliphatic carbocycles. The lowest BCUT2D eigenvalue weighted by Crippen LogP contribution is -2.30. The van der Waals surface area contributed by atoms with Crippen molar-refractivity contribution in [2.24, 2.45) is 0 Å². The molecule has 0 bridgehead atoms. The van der Waals surface area contributed by atoms with Crippen LogP contribution in [0.5, 0.6) is 5.75 Å². The fourth-order valence-corrected chi connectivity index (χ4v) is 4.46.